The van der Waals surface area contributed by atoms with Crippen LogP contribution in [0.2, 0.25) is 0 Å². The Morgan fingerprint density at radius 2 is 2.09 bits per heavy atom. The molecule has 1 atom stereocenters. The number of alkyl halides is 1. The highest BCUT2D eigenvalue weighted by Crippen LogP contribution is 2.38. The third-order valence-electron chi connectivity index (χ3n) is 5.37. The molecule has 0 aliphatic heterocycles. The van der Waals surface area contributed by atoms with Crippen molar-refractivity contribution < 1.29 is 9.53 Å². The number of ether oxygens (including phenoxy) is 1. The van der Waals surface area contributed by atoms with Crippen LogP contribution >= 0.6 is 23.2 Å². The average Bonchev–Trinajstić information content (AvgIpc) is 3.25. The maximum absolute atomic E-state index is 13.5. The van der Waals surface area contributed by atoms with Gasteiger partial charge in [-0.15, -0.1) is 11.6 Å². The van der Waals surface area contributed by atoms with Gasteiger partial charge >= 0.3 is 6.09 Å². The zero-order valence-corrected chi connectivity index (χ0v) is 21.3. The van der Waals surface area contributed by atoms with Crippen LogP contribution in [0.4, 0.5) is 10.6 Å². The second kappa shape index (κ2) is 9.33. The molecule has 3 heterocycles. The third-order valence-corrected chi connectivity index (χ3v) is 6.01. The van der Waals surface area contributed by atoms with Gasteiger partial charge in [0.25, 0.3) is 0 Å². The summed E-state index contributed by atoms with van der Waals surface area (Å²) in [4.78, 5) is 23.0. The molecule has 1 aliphatic carbocycles. The van der Waals surface area contributed by atoms with Gasteiger partial charge < -0.3 is 4.74 Å². The highest BCUT2D eigenvalue weighted by atomic mass is 35.5. The maximum atomic E-state index is 13.5. The van der Waals surface area contributed by atoms with E-state index in [0.29, 0.717) is 39.9 Å². The van der Waals surface area contributed by atoms with Crippen molar-refractivity contribution in [1.82, 2.24) is 19.6 Å². The molecule has 0 spiro atoms. The number of halogens is 2. The largest absolute Gasteiger partial charge is 0.443 e. The van der Waals surface area contributed by atoms with E-state index in [0.717, 1.165) is 5.57 Å². The topological polar surface area (TPSA) is 96.4 Å². The average molecular weight is 511 g/mol. The van der Waals surface area contributed by atoms with Crippen LogP contribution in [-0.4, -0.2) is 42.7 Å². The molecule has 3 aromatic rings. The van der Waals surface area contributed by atoms with E-state index in [1.165, 1.54) is 4.90 Å². The lowest BCUT2D eigenvalue weighted by molar-refractivity contribution is 0.0581. The number of fused-ring (bicyclic) bond motifs is 1. The molecule has 180 valence electrons. The Labute approximate surface area is 213 Å². The number of allylic oxidation sites excluding steroid dienone is 3. The number of hydrogen-bond donors (Lipinski definition) is 0. The molecule has 0 saturated carbocycles. The van der Waals surface area contributed by atoms with Crippen molar-refractivity contribution in [3.63, 3.8) is 0 Å². The number of nitriles is 1. The molecule has 35 heavy (non-hydrogen) atoms. The lowest BCUT2D eigenvalue weighted by Gasteiger charge is -2.33. The molecular weight excluding hydrogens is 487 g/mol. The standard InChI is InChI=1S/C25H24Cl2N6O2/c1-24(2,3)35-23(34)32(15-17-6-7-18(26)12-25(17,4)27)22-11-20(31-21-9-10-30-33(21)22)16-5-8-19(13-28)29-14-16/h5-11,14H,12,15H2,1-4H3. The summed E-state index contributed by atoms with van der Waals surface area (Å²) in [5.74, 6) is 0.447. The van der Waals surface area contributed by atoms with Gasteiger partial charge in [0.1, 0.15) is 23.2 Å². The highest BCUT2D eigenvalue weighted by Gasteiger charge is 2.34. The zero-order chi connectivity index (χ0) is 25.4. The van der Waals surface area contributed by atoms with Gasteiger partial charge in [0.05, 0.1) is 23.3 Å². The first-order valence-electron chi connectivity index (χ1n) is 10.9. The summed E-state index contributed by atoms with van der Waals surface area (Å²) in [5, 5.41) is 14.1. The SMILES string of the molecule is CC(C)(C)OC(=O)N(CC1=CC=C(Cl)CC1(C)Cl)c1cc(-c2ccc(C#N)nc2)nc2ccnn12. The molecule has 10 heteroatoms. The van der Waals surface area contributed by atoms with Crippen LogP contribution in [0, 0.1) is 11.3 Å². The number of aromatic nitrogens is 4. The molecule has 3 aromatic heterocycles. The van der Waals surface area contributed by atoms with Crippen LogP contribution in [0.25, 0.3) is 16.9 Å². The van der Waals surface area contributed by atoms with Crippen molar-refractivity contribution in [2.24, 2.45) is 0 Å². The molecule has 1 amide bonds. The molecule has 0 aromatic carbocycles. The van der Waals surface area contributed by atoms with Crippen molar-refractivity contribution in [1.29, 1.82) is 5.26 Å². The Kier molecular flexibility index (Phi) is 6.58. The predicted octanol–water partition coefficient (Wildman–Crippen LogP) is 5.85. The molecule has 1 unspecified atom stereocenters. The van der Waals surface area contributed by atoms with Crippen LogP contribution < -0.4 is 4.90 Å². The number of hydrogen-bond acceptors (Lipinski definition) is 6. The van der Waals surface area contributed by atoms with Crippen LogP contribution in [0.3, 0.4) is 0 Å². The summed E-state index contributed by atoms with van der Waals surface area (Å²) in [5.41, 5.74) is 2.16. The summed E-state index contributed by atoms with van der Waals surface area (Å²) in [6, 6.07) is 8.86. The minimum atomic E-state index is -0.776. The van der Waals surface area contributed by atoms with Gasteiger partial charge in [-0.25, -0.2) is 14.8 Å². The normalized spacial score (nSPS) is 18.0. The van der Waals surface area contributed by atoms with E-state index in [2.05, 4.69) is 15.1 Å². The lowest BCUT2D eigenvalue weighted by atomic mass is 9.91. The van der Waals surface area contributed by atoms with Gasteiger partial charge in [0.2, 0.25) is 0 Å². The van der Waals surface area contributed by atoms with Gasteiger partial charge in [-0.2, -0.15) is 14.9 Å². The fraction of sp³-hybridized carbons (Fsp3) is 0.320. The van der Waals surface area contributed by atoms with E-state index >= 15 is 0 Å². The maximum Gasteiger partial charge on any atom is 0.416 e. The second-order valence-electron chi connectivity index (χ2n) is 9.39. The van der Waals surface area contributed by atoms with E-state index in [1.54, 1.807) is 68.0 Å². The summed E-state index contributed by atoms with van der Waals surface area (Å²) >= 11 is 13.0. The van der Waals surface area contributed by atoms with Crippen molar-refractivity contribution in [3.05, 3.63) is 65.1 Å². The van der Waals surface area contributed by atoms with E-state index in [9.17, 15) is 4.79 Å². The summed E-state index contributed by atoms with van der Waals surface area (Å²) in [6.07, 6.45) is 6.69. The van der Waals surface area contributed by atoms with Crippen molar-refractivity contribution in [3.8, 4) is 17.3 Å². The zero-order valence-electron chi connectivity index (χ0n) is 19.8. The van der Waals surface area contributed by atoms with Gasteiger partial charge in [0.15, 0.2) is 5.65 Å². The van der Waals surface area contributed by atoms with E-state index in [-0.39, 0.29) is 6.54 Å². The smallest absolute Gasteiger partial charge is 0.416 e. The number of carbonyl (C=O) groups is 1. The molecule has 0 N–H and O–H groups in total. The van der Waals surface area contributed by atoms with Gasteiger partial charge in [-0.3, -0.25) is 4.90 Å². The predicted molar refractivity (Wildman–Crippen MR) is 135 cm³/mol. The first kappa shape index (κ1) is 24.7. The molecular formula is C25H24Cl2N6O2. The Balaban J connectivity index is 1.85. The Hall–Kier alpha value is -3.41. The number of carbonyl (C=O) groups excluding carboxylic acids is 1. The van der Waals surface area contributed by atoms with Gasteiger partial charge in [0, 0.05) is 35.3 Å². The van der Waals surface area contributed by atoms with Crippen LogP contribution in [0.15, 0.2) is 59.4 Å². The third kappa shape index (κ3) is 5.47. The monoisotopic (exact) mass is 510 g/mol. The molecule has 0 fully saturated rings. The van der Waals surface area contributed by atoms with E-state index in [1.807, 2.05) is 19.1 Å². The van der Waals surface area contributed by atoms with E-state index in [4.69, 9.17) is 33.2 Å². The summed E-state index contributed by atoms with van der Waals surface area (Å²) in [6.45, 7) is 7.44. The Morgan fingerprint density at radius 3 is 2.71 bits per heavy atom. The fourth-order valence-electron chi connectivity index (χ4n) is 3.65. The quantitative estimate of drug-likeness (QED) is 0.408. The van der Waals surface area contributed by atoms with Crippen molar-refractivity contribution in [2.75, 3.05) is 11.4 Å². The van der Waals surface area contributed by atoms with Crippen molar-refractivity contribution >= 4 is 40.8 Å². The van der Waals surface area contributed by atoms with Crippen LogP contribution in [0.1, 0.15) is 39.8 Å². The number of anilines is 1. The first-order valence-corrected chi connectivity index (χ1v) is 11.7. The molecule has 0 bridgehead atoms. The number of amides is 1. The molecule has 4 rings (SSSR count). The molecule has 8 nitrogen and oxygen atoms in total. The second-order valence-corrected chi connectivity index (χ2v) is 10.7. The van der Waals surface area contributed by atoms with E-state index < -0.39 is 16.6 Å². The Morgan fingerprint density at radius 1 is 1.31 bits per heavy atom. The minimum Gasteiger partial charge on any atom is -0.443 e. The highest BCUT2D eigenvalue weighted by molar-refractivity contribution is 6.32. The van der Waals surface area contributed by atoms with Gasteiger partial charge in [-0.05, 0) is 51.5 Å². The fourth-order valence-corrected chi connectivity index (χ4v) is 4.31. The van der Waals surface area contributed by atoms with Gasteiger partial charge in [-0.1, -0.05) is 17.7 Å². The number of nitrogens with zero attached hydrogens (tertiary/aromatic N) is 6. The molecule has 0 saturated heterocycles. The van der Waals surface area contributed by atoms with Crippen molar-refractivity contribution in [2.45, 2.75) is 44.6 Å². The summed E-state index contributed by atoms with van der Waals surface area (Å²) in [7, 11) is 0. The molecule has 1 aliphatic rings. The Bertz CT molecular complexity index is 1380. The minimum absolute atomic E-state index is 0.152. The first-order chi connectivity index (χ1) is 16.5. The summed E-state index contributed by atoms with van der Waals surface area (Å²) < 4.78 is 7.32. The van der Waals surface area contributed by atoms with Crippen LogP contribution in [0.5, 0.6) is 0 Å². The number of pyridine rings is 1. The lowest BCUT2D eigenvalue weighted by Crippen LogP contribution is -2.42. The number of rotatable bonds is 4. The van der Waals surface area contributed by atoms with Crippen LogP contribution in [-0.2, 0) is 4.74 Å². The molecule has 0 radical (unpaired) electrons.